The molecule has 0 radical (unpaired) electrons. The lowest BCUT2D eigenvalue weighted by atomic mass is 9.72. The van der Waals surface area contributed by atoms with Gasteiger partial charge in [-0.1, -0.05) is 6.07 Å². The van der Waals surface area contributed by atoms with Crippen molar-refractivity contribution < 1.29 is 4.74 Å². The van der Waals surface area contributed by atoms with Gasteiger partial charge in [0, 0.05) is 23.5 Å². The molecule has 4 unspecified atom stereocenters. The first-order valence-electron chi connectivity index (χ1n) is 6.47. The van der Waals surface area contributed by atoms with Crippen LogP contribution in [0.15, 0.2) is 23.1 Å². The van der Waals surface area contributed by atoms with E-state index in [1.54, 1.807) is 11.8 Å². The van der Waals surface area contributed by atoms with Crippen LogP contribution >= 0.6 is 11.8 Å². The number of ether oxygens (including phenoxy) is 1. The number of rotatable bonds is 3. The second-order valence-electron chi connectivity index (χ2n) is 5.03. The summed E-state index contributed by atoms with van der Waals surface area (Å²) in [6, 6.07) is 8.39. The molecule has 1 aliphatic carbocycles. The van der Waals surface area contributed by atoms with E-state index in [1.165, 1.54) is 0 Å². The maximum atomic E-state index is 9.32. The van der Waals surface area contributed by atoms with E-state index in [9.17, 15) is 5.26 Å². The van der Waals surface area contributed by atoms with Gasteiger partial charge in [-0.15, -0.1) is 11.8 Å². The molecule has 4 atom stereocenters. The molecule has 100 valence electrons. The van der Waals surface area contributed by atoms with E-state index < -0.39 is 0 Å². The molecule has 2 aliphatic rings. The first-order chi connectivity index (χ1) is 9.26. The van der Waals surface area contributed by atoms with E-state index in [0.717, 1.165) is 23.6 Å². The van der Waals surface area contributed by atoms with Crippen molar-refractivity contribution in [3.8, 4) is 6.07 Å². The van der Waals surface area contributed by atoms with Crippen molar-refractivity contribution in [1.29, 1.82) is 5.26 Å². The fourth-order valence-electron chi connectivity index (χ4n) is 3.04. The number of thioether (sulfide) groups is 1. The Morgan fingerprint density at radius 3 is 3.11 bits per heavy atom. The van der Waals surface area contributed by atoms with Crippen LogP contribution in [0.1, 0.15) is 12.0 Å². The normalized spacial score (nSPS) is 32.3. The van der Waals surface area contributed by atoms with Crippen molar-refractivity contribution in [1.82, 2.24) is 0 Å². The zero-order valence-corrected chi connectivity index (χ0v) is 11.6. The summed E-state index contributed by atoms with van der Waals surface area (Å²) >= 11 is 1.58. The van der Waals surface area contributed by atoms with Crippen LogP contribution < -0.4 is 11.1 Å². The monoisotopic (exact) mass is 275 g/mol. The van der Waals surface area contributed by atoms with Crippen LogP contribution in [0.25, 0.3) is 0 Å². The number of anilines is 1. The third-order valence-electron chi connectivity index (χ3n) is 4.13. The van der Waals surface area contributed by atoms with E-state index in [0.29, 0.717) is 11.5 Å². The number of nitrogens with two attached hydrogens (primary N) is 1. The molecule has 0 bridgehead atoms. The molecule has 1 aromatic carbocycles. The third kappa shape index (κ3) is 2.00. The summed E-state index contributed by atoms with van der Waals surface area (Å²) in [5.41, 5.74) is 7.75. The zero-order chi connectivity index (χ0) is 13.4. The molecule has 0 amide bonds. The van der Waals surface area contributed by atoms with Crippen LogP contribution in [0.4, 0.5) is 5.69 Å². The lowest BCUT2D eigenvalue weighted by molar-refractivity contribution is 0.00536. The van der Waals surface area contributed by atoms with Gasteiger partial charge in [0.05, 0.1) is 23.4 Å². The topological polar surface area (TPSA) is 71.1 Å². The summed E-state index contributed by atoms with van der Waals surface area (Å²) in [4.78, 5) is 0.990. The second kappa shape index (κ2) is 5.04. The summed E-state index contributed by atoms with van der Waals surface area (Å²) in [6.45, 7) is 0.803. The quantitative estimate of drug-likeness (QED) is 0.823. The second-order valence-corrected chi connectivity index (χ2v) is 5.88. The average molecular weight is 275 g/mol. The van der Waals surface area contributed by atoms with Crippen LogP contribution in [0.5, 0.6) is 0 Å². The highest BCUT2D eigenvalue weighted by molar-refractivity contribution is 7.98. The number of benzene rings is 1. The van der Waals surface area contributed by atoms with Crippen LogP contribution in [0, 0.1) is 17.2 Å². The van der Waals surface area contributed by atoms with Crippen molar-refractivity contribution in [2.75, 3.05) is 18.2 Å². The number of hydrogen-bond acceptors (Lipinski definition) is 5. The van der Waals surface area contributed by atoms with Gasteiger partial charge in [0.2, 0.25) is 0 Å². The van der Waals surface area contributed by atoms with E-state index in [2.05, 4.69) is 11.4 Å². The Labute approximate surface area is 117 Å². The molecular weight excluding hydrogens is 258 g/mol. The Balaban J connectivity index is 1.82. The number of fused-ring (bicyclic) bond motifs is 1. The summed E-state index contributed by atoms with van der Waals surface area (Å²) in [6.07, 6.45) is 3.24. The minimum Gasteiger partial charge on any atom is -0.377 e. The standard InChI is InChI=1S/C14H17N3OS/c1-19-11-4-2-3-10(9(11)7-15)17-13-12(16)8-5-6-18-14(8)13/h2-4,8,12-14,17H,5-6,16H2,1H3. The molecule has 19 heavy (non-hydrogen) atoms. The highest BCUT2D eigenvalue weighted by Gasteiger charge is 2.52. The summed E-state index contributed by atoms with van der Waals surface area (Å²) in [5.74, 6) is 0.478. The van der Waals surface area contributed by atoms with E-state index >= 15 is 0 Å². The van der Waals surface area contributed by atoms with Crippen LogP contribution in [-0.2, 0) is 4.74 Å². The maximum absolute atomic E-state index is 9.32. The van der Waals surface area contributed by atoms with Crippen LogP contribution in [0.3, 0.4) is 0 Å². The van der Waals surface area contributed by atoms with E-state index in [-0.39, 0.29) is 18.2 Å². The minimum absolute atomic E-state index is 0.122. The molecule has 4 nitrogen and oxygen atoms in total. The van der Waals surface area contributed by atoms with E-state index in [4.69, 9.17) is 10.5 Å². The predicted octanol–water partition coefficient (Wildman–Crippen LogP) is 1.81. The molecule has 1 saturated carbocycles. The lowest BCUT2D eigenvalue weighted by Crippen LogP contribution is -2.65. The fourth-order valence-corrected chi connectivity index (χ4v) is 3.62. The fraction of sp³-hybridized carbons (Fsp3) is 0.500. The first kappa shape index (κ1) is 12.8. The molecule has 5 heteroatoms. The smallest absolute Gasteiger partial charge is 0.102 e. The Kier molecular flexibility index (Phi) is 3.40. The largest absolute Gasteiger partial charge is 0.377 e. The molecule has 3 N–H and O–H groups in total. The zero-order valence-electron chi connectivity index (χ0n) is 10.8. The molecule has 1 saturated heterocycles. The number of nitrogens with one attached hydrogen (secondary N) is 1. The number of nitriles is 1. The Hall–Kier alpha value is -1.22. The van der Waals surface area contributed by atoms with Gasteiger partial charge in [0.1, 0.15) is 6.07 Å². The number of hydrogen-bond donors (Lipinski definition) is 2. The Bertz CT molecular complexity index is 528. The van der Waals surface area contributed by atoms with Crippen molar-refractivity contribution in [3.05, 3.63) is 23.8 Å². The Morgan fingerprint density at radius 1 is 1.53 bits per heavy atom. The maximum Gasteiger partial charge on any atom is 0.102 e. The van der Waals surface area contributed by atoms with Gasteiger partial charge in [-0.2, -0.15) is 5.26 Å². The highest BCUT2D eigenvalue weighted by Crippen LogP contribution is 2.40. The highest BCUT2D eigenvalue weighted by atomic mass is 32.2. The average Bonchev–Trinajstić information content (AvgIpc) is 2.88. The number of nitrogens with zero attached hydrogens (tertiary/aromatic N) is 1. The van der Waals surface area contributed by atoms with Gasteiger partial charge in [-0.05, 0) is 24.8 Å². The molecule has 1 aliphatic heterocycles. The third-order valence-corrected chi connectivity index (χ3v) is 4.91. The molecule has 0 aromatic heterocycles. The molecule has 3 rings (SSSR count). The minimum atomic E-state index is 0.122. The van der Waals surface area contributed by atoms with Gasteiger partial charge in [0.25, 0.3) is 0 Å². The molecule has 2 fully saturated rings. The van der Waals surface area contributed by atoms with E-state index in [1.807, 2.05) is 24.5 Å². The predicted molar refractivity (Wildman–Crippen MR) is 76.2 cm³/mol. The van der Waals surface area contributed by atoms with Gasteiger partial charge >= 0.3 is 0 Å². The summed E-state index contributed by atoms with van der Waals surface area (Å²) < 4.78 is 5.71. The molecule has 1 aromatic rings. The van der Waals surface area contributed by atoms with Gasteiger partial charge in [-0.3, -0.25) is 0 Å². The summed E-state index contributed by atoms with van der Waals surface area (Å²) in [5, 5.41) is 12.7. The van der Waals surface area contributed by atoms with Gasteiger partial charge < -0.3 is 15.8 Å². The molecular formula is C14H17N3OS. The van der Waals surface area contributed by atoms with Crippen LogP contribution in [0.2, 0.25) is 0 Å². The van der Waals surface area contributed by atoms with Crippen molar-refractivity contribution in [2.45, 2.75) is 29.5 Å². The first-order valence-corrected chi connectivity index (χ1v) is 7.69. The van der Waals surface area contributed by atoms with Crippen molar-refractivity contribution in [2.24, 2.45) is 11.7 Å². The van der Waals surface area contributed by atoms with Gasteiger partial charge in [-0.25, -0.2) is 0 Å². The molecule has 0 spiro atoms. The SMILES string of the molecule is CSc1cccc(NC2C(N)C3CCOC32)c1C#N. The summed E-state index contributed by atoms with van der Waals surface area (Å²) in [7, 11) is 0. The van der Waals surface area contributed by atoms with Crippen LogP contribution in [-0.4, -0.2) is 31.1 Å². The van der Waals surface area contributed by atoms with Crippen molar-refractivity contribution >= 4 is 17.4 Å². The Morgan fingerprint density at radius 2 is 2.37 bits per heavy atom. The van der Waals surface area contributed by atoms with Crippen molar-refractivity contribution in [3.63, 3.8) is 0 Å². The lowest BCUT2D eigenvalue weighted by Gasteiger charge is -2.46. The van der Waals surface area contributed by atoms with Gasteiger partial charge in [0.15, 0.2) is 0 Å². The molecule has 1 heterocycles.